The first-order valence-electron chi connectivity index (χ1n) is 6.95. The Bertz CT molecular complexity index is 483. The topological polar surface area (TPSA) is 64.3 Å². The number of carbonyl (C=O) groups is 1. The van der Waals surface area contributed by atoms with E-state index < -0.39 is 6.10 Å². The Balaban J connectivity index is 2.61. The SMILES string of the molecule is CC(C)CC(CN)NC(=O)C(C)Oc1ccc(F)cc1Br. The normalized spacial score (nSPS) is 13.9. The zero-order valence-electron chi connectivity index (χ0n) is 12.5. The molecular formula is C15H22BrFN2O2. The lowest BCUT2D eigenvalue weighted by atomic mass is 10.0. The minimum absolute atomic E-state index is 0.0693. The van der Waals surface area contributed by atoms with E-state index in [0.29, 0.717) is 22.7 Å². The average molecular weight is 361 g/mol. The summed E-state index contributed by atoms with van der Waals surface area (Å²) in [5.74, 6) is 0.266. The van der Waals surface area contributed by atoms with Crippen molar-refractivity contribution >= 4 is 21.8 Å². The number of rotatable bonds is 7. The van der Waals surface area contributed by atoms with Gasteiger partial charge in [-0.3, -0.25) is 4.79 Å². The molecule has 0 heterocycles. The number of carbonyl (C=O) groups excluding carboxylic acids is 1. The summed E-state index contributed by atoms with van der Waals surface area (Å²) in [6.07, 6.45) is 0.128. The summed E-state index contributed by atoms with van der Waals surface area (Å²) in [7, 11) is 0. The molecule has 0 spiro atoms. The van der Waals surface area contributed by atoms with E-state index in [9.17, 15) is 9.18 Å². The Hall–Kier alpha value is -1.14. The molecule has 1 rings (SSSR count). The second kappa shape index (κ2) is 8.34. The van der Waals surface area contributed by atoms with E-state index in [1.54, 1.807) is 6.92 Å². The van der Waals surface area contributed by atoms with Crippen LogP contribution in [0.3, 0.4) is 0 Å². The van der Waals surface area contributed by atoms with E-state index in [0.717, 1.165) is 6.42 Å². The minimum atomic E-state index is -0.687. The first-order chi connectivity index (χ1) is 9.83. The summed E-state index contributed by atoms with van der Waals surface area (Å²) >= 11 is 3.21. The third-order valence-electron chi connectivity index (χ3n) is 2.95. The lowest BCUT2D eigenvalue weighted by Crippen LogP contribution is -2.46. The third kappa shape index (κ3) is 6.01. The molecule has 0 saturated carbocycles. The van der Waals surface area contributed by atoms with E-state index >= 15 is 0 Å². The lowest BCUT2D eigenvalue weighted by Gasteiger charge is -2.22. The summed E-state index contributed by atoms with van der Waals surface area (Å²) in [5.41, 5.74) is 5.66. The molecule has 2 atom stereocenters. The number of amides is 1. The second-order valence-corrected chi connectivity index (χ2v) is 6.26. The highest BCUT2D eigenvalue weighted by Crippen LogP contribution is 2.26. The Kier molecular flexibility index (Phi) is 7.11. The van der Waals surface area contributed by atoms with Crippen LogP contribution in [0.25, 0.3) is 0 Å². The third-order valence-corrected chi connectivity index (χ3v) is 3.57. The van der Waals surface area contributed by atoms with Gasteiger partial charge in [0, 0.05) is 12.6 Å². The Morgan fingerprint density at radius 2 is 2.10 bits per heavy atom. The zero-order chi connectivity index (χ0) is 16.0. The van der Waals surface area contributed by atoms with Gasteiger partial charge in [-0.25, -0.2) is 4.39 Å². The quantitative estimate of drug-likeness (QED) is 0.785. The lowest BCUT2D eigenvalue weighted by molar-refractivity contribution is -0.128. The van der Waals surface area contributed by atoms with Crippen molar-refractivity contribution in [3.05, 3.63) is 28.5 Å². The minimum Gasteiger partial charge on any atom is -0.480 e. The van der Waals surface area contributed by atoms with Crippen molar-refractivity contribution in [3.63, 3.8) is 0 Å². The Labute approximate surface area is 133 Å². The number of hydrogen-bond donors (Lipinski definition) is 2. The van der Waals surface area contributed by atoms with Gasteiger partial charge in [0.15, 0.2) is 6.10 Å². The standard InChI is InChI=1S/C15H22BrFN2O2/c1-9(2)6-12(8-18)19-15(20)10(3)21-14-5-4-11(17)7-13(14)16/h4-5,7,9-10,12H,6,8,18H2,1-3H3,(H,19,20). The van der Waals surface area contributed by atoms with Crippen molar-refractivity contribution in [1.82, 2.24) is 5.32 Å². The first kappa shape index (κ1) is 17.9. The predicted molar refractivity (Wildman–Crippen MR) is 84.6 cm³/mol. The van der Waals surface area contributed by atoms with Crippen LogP contribution < -0.4 is 15.8 Å². The highest BCUT2D eigenvalue weighted by atomic mass is 79.9. The van der Waals surface area contributed by atoms with E-state index in [1.807, 2.05) is 0 Å². The van der Waals surface area contributed by atoms with Gasteiger partial charge in [0.25, 0.3) is 5.91 Å². The van der Waals surface area contributed by atoms with Crippen LogP contribution in [-0.4, -0.2) is 24.6 Å². The number of ether oxygens (including phenoxy) is 1. The monoisotopic (exact) mass is 360 g/mol. The van der Waals surface area contributed by atoms with E-state index in [1.165, 1.54) is 18.2 Å². The fourth-order valence-corrected chi connectivity index (χ4v) is 2.36. The Morgan fingerprint density at radius 1 is 1.43 bits per heavy atom. The fourth-order valence-electron chi connectivity index (χ4n) is 1.92. The average Bonchev–Trinajstić information content (AvgIpc) is 2.40. The summed E-state index contributed by atoms with van der Waals surface area (Å²) in [6, 6.07) is 3.99. The van der Waals surface area contributed by atoms with Gasteiger partial charge in [-0.05, 0) is 53.4 Å². The maximum absolute atomic E-state index is 13.0. The molecule has 1 aromatic rings. The Morgan fingerprint density at radius 3 is 2.62 bits per heavy atom. The second-order valence-electron chi connectivity index (χ2n) is 5.41. The van der Waals surface area contributed by atoms with E-state index in [4.69, 9.17) is 10.5 Å². The van der Waals surface area contributed by atoms with Crippen molar-refractivity contribution in [2.45, 2.75) is 39.3 Å². The van der Waals surface area contributed by atoms with Crippen LogP contribution in [0, 0.1) is 11.7 Å². The molecule has 6 heteroatoms. The molecule has 0 aliphatic carbocycles. The molecule has 0 radical (unpaired) electrons. The number of hydrogen-bond acceptors (Lipinski definition) is 3. The van der Waals surface area contributed by atoms with Gasteiger partial charge in [-0.1, -0.05) is 13.8 Å². The van der Waals surface area contributed by atoms with Crippen molar-refractivity contribution in [3.8, 4) is 5.75 Å². The molecule has 1 aromatic carbocycles. The number of halogens is 2. The van der Waals surface area contributed by atoms with Crippen LogP contribution in [0.1, 0.15) is 27.2 Å². The zero-order valence-corrected chi connectivity index (χ0v) is 14.1. The molecular weight excluding hydrogens is 339 g/mol. The van der Waals surface area contributed by atoms with Crippen molar-refractivity contribution in [1.29, 1.82) is 0 Å². The van der Waals surface area contributed by atoms with Gasteiger partial charge < -0.3 is 15.8 Å². The molecule has 21 heavy (non-hydrogen) atoms. The molecule has 1 amide bonds. The largest absolute Gasteiger partial charge is 0.480 e. The molecule has 0 aromatic heterocycles. The van der Waals surface area contributed by atoms with Crippen molar-refractivity contribution < 1.29 is 13.9 Å². The summed E-state index contributed by atoms with van der Waals surface area (Å²) in [5, 5.41) is 2.87. The fraction of sp³-hybridized carbons (Fsp3) is 0.533. The number of nitrogens with two attached hydrogens (primary N) is 1. The van der Waals surface area contributed by atoms with Gasteiger partial charge in [0.05, 0.1) is 4.47 Å². The first-order valence-corrected chi connectivity index (χ1v) is 7.75. The van der Waals surface area contributed by atoms with Crippen LogP contribution in [0.2, 0.25) is 0 Å². The van der Waals surface area contributed by atoms with Crippen molar-refractivity contribution in [2.75, 3.05) is 6.54 Å². The molecule has 0 bridgehead atoms. The van der Waals surface area contributed by atoms with Crippen LogP contribution in [0.15, 0.2) is 22.7 Å². The van der Waals surface area contributed by atoms with Crippen LogP contribution in [0.4, 0.5) is 4.39 Å². The van der Waals surface area contributed by atoms with Crippen LogP contribution in [-0.2, 0) is 4.79 Å². The maximum atomic E-state index is 13.0. The molecule has 0 aliphatic rings. The molecule has 0 aliphatic heterocycles. The van der Waals surface area contributed by atoms with Gasteiger partial charge in [0.2, 0.25) is 0 Å². The molecule has 118 valence electrons. The predicted octanol–water partition coefficient (Wildman–Crippen LogP) is 2.85. The number of nitrogens with one attached hydrogen (secondary N) is 1. The van der Waals surface area contributed by atoms with Gasteiger partial charge in [-0.2, -0.15) is 0 Å². The molecule has 3 N–H and O–H groups in total. The molecule has 2 unspecified atom stereocenters. The highest BCUT2D eigenvalue weighted by molar-refractivity contribution is 9.10. The summed E-state index contributed by atoms with van der Waals surface area (Å²) in [6.45, 7) is 6.18. The van der Waals surface area contributed by atoms with Gasteiger partial charge >= 0.3 is 0 Å². The van der Waals surface area contributed by atoms with E-state index in [-0.39, 0.29) is 17.8 Å². The summed E-state index contributed by atoms with van der Waals surface area (Å²) in [4.78, 5) is 12.1. The number of benzene rings is 1. The smallest absolute Gasteiger partial charge is 0.261 e. The molecule has 0 fully saturated rings. The van der Waals surface area contributed by atoms with Crippen molar-refractivity contribution in [2.24, 2.45) is 11.7 Å². The highest BCUT2D eigenvalue weighted by Gasteiger charge is 2.20. The molecule has 4 nitrogen and oxygen atoms in total. The molecule has 0 saturated heterocycles. The summed E-state index contributed by atoms with van der Waals surface area (Å²) < 4.78 is 19.0. The maximum Gasteiger partial charge on any atom is 0.261 e. The van der Waals surface area contributed by atoms with E-state index in [2.05, 4.69) is 35.1 Å². The van der Waals surface area contributed by atoms with Gasteiger partial charge in [0.1, 0.15) is 11.6 Å². The van der Waals surface area contributed by atoms with Crippen LogP contribution >= 0.6 is 15.9 Å². The van der Waals surface area contributed by atoms with Gasteiger partial charge in [-0.15, -0.1) is 0 Å². The van der Waals surface area contributed by atoms with Crippen LogP contribution in [0.5, 0.6) is 5.75 Å².